The molecular weight excluding hydrogens is 299 g/mol. The van der Waals surface area contributed by atoms with Gasteiger partial charge in [0.25, 0.3) is 0 Å². The van der Waals surface area contributed by atoms with Crippen LogP contribution >= 0.6 is 12.2 Å². The van der Waals surface area contributed by atoms with Gasteiger partial charge in [-0.3, -0.25) is 0 Å². The van der Waals surface area contributed by atoms with Crippen molar-refractivity contribution in [3.8, 4) is 0 Å². The van der Waals surface area contributed by atoms with Crippen LogP contribution in [0.15, 0.2) is 54.6 Å². The molecule has 1 unspecified atom stereocenters. The van der Waals surface area contributed by atoms with Gasteiger partial charge in [-0.25, -0.2) is 4.39 Å². The molecule has 3 nitrogen and oxygen atoms in total. The summed E-state index contributed by atoms with van der Waals surface area (Å²) in [4.78, 5) is 1.76. The number of benzene rings is 2. The number of nitrogens with one attached hydrogen (secondary N) is 1. The van der Waals surface area contributed by atoms with Gasteiger partial charge in [0.2, 0.25) is 0 Å². The number of para-hydroxylation sites is 1. The second kappa shape index (κ2) is 7.87. The van der Waals surface area contributed by atoms with Crippen LogP contribution in [0.3, 0.4) is 0 Å². The molecule has 2 N–H and O–H groups in total. The first-order valence-corrected chi connectivity index (χ1v) is 7.49. The maximum Gasteiger partial charge on any atom is 0.173 e. The highest BCUT2D eigenvalue weighted by atomic mass is 32.1. The fourth-order valence-electron chi connectivity index (χ4n) is 2.09. The van der Waals surface area contributed by atoms with Crippen molar-refractivity contribution in [1.29, 1.82) is 0 Å². The van der Waals surface area contributed by atoms with Crippen LogP contribution in [0.25, 0.3) is 0 Å². The van der Waals surface area contributed by atoms with Crippen LogP contribution in [0.2, 0.25) is 0 Å². The van der Waals surface area contributed by atoms with Crippen molar-refractivity contribution >= 4 is 23.0 Å². The van der Waals surface area contributed by atoms with Gasteiger partial charge in [0, 0.05) is 24.3 Å². The number of hydrogen-bond acceptors (Lipinski definition) is 2. The lowest BCUT2D eigenvalue weighted by Crippen LogP contribution is -2.39. The second-order valence-corrected chi connectivity index (χ2v) is 5.50. The third-order valence-corrected chi connectivity index (χ3v) is 3.48. The molecule has 0 aliphatic heterocycles. The Labute approximate surface area is 135 Å². The first kappa shape index (κ1) is 16.4. The number of hydrogen-bond donors (Lipinski definition) is 2. The zero-order valence-electron chi connectivity index (χ0n) is 12.4. The Kier molecular flexibility index (Phi) is 5.86. The molecule has 2 aromatic carbocycles. The van der Waals surface area contributed by atoms with E-state index in [1.165, 1.54) is 6.07 Å². The quantitative estimate of drug-likeness (QED) is 0.828. The highest BCUT2D eigenvalue weighted by Gasteiger charge is 2.15. The summed E-state index contributed by atoms with van der Waals surface area (Å²) < 4.78 is 13.8. The molecule has 0 saturated heterocycles. The molecule has 22 heavy (non-hydrogen) atoms. The summed E-state index contributed by atoms with van der Waals surface area (Å²) in [6, 6.07) is 16.1. The van der Waals surface area contributed by atoms with Crippen molar-refractivity contribution in [1.82, 2.24) is 4.90 Å². The number of rotatable bonds is 5. The Morgan fingerprint density at radius 1 is 1.18 bits per heavy atom. The first-order valence-electron chi connectivity index (χ1n) is 7.08. The number of halogens is 1. The zero-order valence-corrected chi connectivity index (χ0v) is 13.2. The van der Waals surface area contributed by atoms with E-state index in [9.17, 15) is 9.50 Å². The van der Waals surface area contributed by atoms with Gasteiger partial charge in [-0.15, -0.1) is 0 Å². The third-order valence-electron chi connectivity index (χ3n) is 3.12. The lowest BCUT2D eigenvalue weighted by atomic mass is 10.2. The normalized spacial score (nSPS) is 11.8. The maximum absolute atomic E-state index is 13.8. The van der Waals surface area contributed by atoms with Gasteiger partial charge in [-0.05, 0) is 37.3 Å². The van der Waals surface area contributed by atoms with Crippen LogP contribution in [-0.4, -0.2) is 27.8 Å². The van der Waals surface area contributed by atoms with Crippen LogP contribution in [-0.2, 0) is 6.54 Å². The van der Waals surface area contributed by atoms with Gasteiger partial charge in [0.05, 0.1) is 6.10 Å². The van der Waals surface area contributed by atoms with Crippen LogP contribution in [0.1, 0.15) is 12.5 Å². The summed E-state index contributed by atoms with van der Waals surface area (Å²) in [6.07, 6.45) is -0.567. The average molecular weight is 318 g/mol. The highest BCUT2D eigenvalue weighted by molar-refractivity contribution is 7.80. The Bertz CT molecular complexity index is 619. The largest absolute Gasteiger partial charge is 0.392 e. The summed E-state index contributed by atoms with van der Waals surface area (Å²) in [7, 11) is 0. The molecule has 0 aliphatic carbocycles. The molecule has 0 amide bonds. The van der Waals surface area contributed by atoms with E-state index in [0.717, 1.165) is 5.69 Å². The number of aliphatic hydroxyl groups excluding tert-OH is 1. The number of anilines is 1. The molecular formula is C17H19FN2OS. The molecule has 0 aromatic heterocycles. The molecule has 0 radical (unpaired) electrons. The third kappa shape index (κ3) is 4.79. The lowest BCUT2D eigenvalue weighted by molar-refractivity contribution is 0.157. The van der Waals surface area contributed by atoms with Crippen molar-refractivity contribution in [2.45, 2.75) is 19.6 Å². The smallest absolute Gasteiger partial charge is 0.173 e. The molecule has 2 rings (SSSR count). The SMILES string of the molecule is CC(O)CN(Cc1ccccc1F)C(=S)Nc1ccccc1. The molecule has 0 fully saturated rings. The van der Waals surface area contributed by atoms with Gasteiger partial charge in [0.15, 0.2) is 5.11 Å². The average Bonchev–Trinajstić information content (AvgIpc) is 2.49. The fourth-order valence-corrected chi connectivity index (χ4v) is 2.35. The van der Waals surface area contributed by atoms with Gasteiger partial charge < -0.3 is 15.3 Å². The molecule has 1 atom stereocenters. The minimum atomic E-state index is -0.567. The van der Waals surface area contributed by atoms with Crippen LogP contribution in [0.5, 0.6) is 0 Å². The number of nitrogens with zero attached hydrogens (tertiary/aromatic N) is 1. The number of aliphatic hydroxyl groups is 1. The van der Waals surface area contributed by atoms with Gasteiger partial charge in [-0.2, -0.15) is 0 Å². The van der Waals surface area contributed by atoms with E-state index < -0.39 is 6.10 Å². The van der Waals surface area contributed by atoms with Crippen LogP contribution < -0.4 is 5.32 Å². The lowest BCUT2D eigenvalue weighted by Gasteiger charge is -2.27. The Balaban J connectivity index is 2.12. The molecule has 2 aromatic rings. The zero-order chi connectivity index (χ0) is 15.9. The number of thiocarbonyl (C=S) groups is 1. The van der Waals surface area contributed by atoms with Crippen molar-refractivity contribution in [3.05, 3.63) is 66.0 Å². The molecule has 0 aliphatic rings. The Hall–Kier alpha value is -1.98. The minimum absolute atomic E-state index is 0.277. The summed E-state index contributed by atoms with van der Waals surface area (Å²) in [5.74, 6) is -0.277. The van der Waals surface area contributed by atoms with Gasteiger partial charge in [0.1, 0.15) is 5.82 Å². The second-order valence-electron chi connectivity index (χ2n) is 5.12. The van der Waals surface area contributed by atoms with E-state index in [2.05, 4.69) is 5.32 Å². The Morgan fingerprint density at radius 2 is 1.82 bits per heavy atom. The predicted octanol–water partition coefficient (Wildman–Crippen LogP) is 3.41. The van der Waals surface area contributed by atoms with E-state index in [-0.39, 0.29) is 5.82 Å². The topological polar surface area (TPSA) is 35.5 Å². The van der Waals surface area contributed by atoms with Gasteiger partial charge >= 0.3 is 0 Å². The fraction of sp³-hybridized carbons (Fsp3) is 0.235. The summed E-state index contributed by atoms with van der Waals surface area (Å²) in [5, 5.41) is 13.2. The van der Waals surface area contributed by atoms with E-state index >= 15 is 0 Å². The van der Waals surface area contributed by atoms with Crippen LogP contribution in [0.4, 0.5) is 10.1 Å². The van der Waals surface area contributed by atoms with Crippen molar-refractivity contribution in [3.63, 3.8) is 0 Å². The van der Waals surface area contributed by atoms with Crippen LogP contribution in [0, 0.1) is 5.82 Å². The van der Waals surface area contributed by atoms with E-state index in [1.54, 1.807) is 30.0 Å². The monoisotopic (exact) mass is 318 g/mol. The van der Waals surface area contributed by atoms with Crippen molar-refractivity contribution in [2.75, 3.05) is 11.9 Å². The summed E-state index contributed by atoms with van der Waals surface area (Å²) in [5.41, 5.74) is 1.40. The maximum atomic E-state index is 13.8. The van der Waals surface area contributed by atoms with E-state index in [4.69, 9.17) is 12.2 Å². The van der Waals surface area contributed by atoms with E-state index in [0.29, 0.717) is 23.8 Å². The molecule has 116 valence electrons. The first-order chi connectivity index (χ1) is 10.6. The standard InChI is InChI=1S/C17H19FN2OS/c1-13(21)11-20(12-14-7-5-6-10-16(14)18)17(22)19-15-8-3-2-4-9-15/h2-10,13,21H,11-12H2,1H3,(H,19,22). The predicted molar refractivity (Wildman–Crippen MR) is 91.2 cm³/mol. The van der Waals surface area contributed by atoms with Crippen molar-refractivity contribution in [2.24, 2.45) is 0 Å². The van der Waals surface area contributed by atoms with Gasteiger partial charge in [-0.1, -0.05) is 36.4 Å². The molecule has 0 heterocycles. The molecule has 0 saturated carbocycles. The minimum Gasteiger partial charge on any atom is -0.392 e. The Morgan fingerprint density at radius 3 is 2.45 bits per heavy atom. The molecule has 0 spiro atoms. The van der Waals surface area contributed by atoms with Crippen molar-refractivity contribution < 1.29 is 9.50 Å². The molecule has 5 heteroatoms. The summed E-state index contributed by atoms with van der Waals surface area (Å²) in [6.45, 7) is 2.31. The summed E-state index contributed by atoms with van der Waals surface area (Å²) >= 11 is 5.40. The van der Waals surface area contributed by atoms with E-state index in [1.807, 2.05) is 30.3 Å². The highest BCUT2D eigenvalue weighted by Crippen LogP contribution is 2.13. The molecule has 0 bridgehead atoms.